The lowest BCUT2D eigenvalue weighted by molar-refractivity contribution is -0.385. The number of nitrogens with zero attached hydrogens (tertiary/aromatic N) is 3. The van der Waals surface area contributed by atoms with Gasteiger partial charge in [0.1, 0.15) is 6.54 Å². The van der Waals surface area contributed by atoms with Crippen LogP contribution in [0.15, 0.2) is 47.3 Å². The molecular weight excluding hydrogens is 336 g/mol. The highest BCUT2D eigenvalue weighted by Crippen LogP contribution is 2.25. The lowest BCUT2D eigenvalue weighted by Crippen LogP contribution is -2.29. The maximum atomic E-state index is 12.6. The Bertz CT molecular complexity index is 1060. The molecule has 3 rings (SSSR count). The third-order valence-corrected chi connectivity index (χ3v) is 4.32. The molecule has 0 saturated carbocycles. The monoisotopic (exact) mass is 354 g/mol. The number of nitro benzene ring substituents is 1. The Kier molecular flexibility index (Phi) is 4.57. The number of amides is 1. The SMILES string of the molecule is CCn1c(=O)n(CC(=O)Nc2cccc([N+](=O)[O-])c2C)c2ccccc21. The molecule has 1 N–H and O–H groups in total. The second-order valence-corrected chi connectivity index (χ2v) is 5.86. The molecule has 8 heteroatoms. The normalized spacial score (nSPS) is 10.8. The number of carbonyl (C=O) groups excluding carboxylic acids is 1. The van der Waals surface area contributed by atoms with E-state index >= 15 is 0 Å². The van der Waals surface area contributed by atoms with E-state index in [2.05, 4.69) is 5.32 Å². The fourth-order valence-corrected chi connectivity index (χ4v) is 3.02. The first-order valence-electron chi connectivity index (χ1n) is 8.16. The predicted octanol–water partition coefficient (Wildman–Crippen LogP) is 2.68. The van der Waals surface area contributed by atoms with Crippen LogP contribution in [-0.2, 0) is 17.9 Å². The summed E-state index contributed by atoms with van der Waals surface area (Å²) in [6.45, 7) is 3.76. The zero-order chi connectivity index (χ0) is 18.8. The first kappa shape index (κ1) is 17.4. The summed E-state index contributed by atoms with van der Waals surface area (Å²) in [5.74, 6) is -0.422. The maximum Gasteiger partial charge on any atom is 0.329 e. The van der Waals surface area contributed by atoms with Gasteiger partial charge in [-0.3, -0.25) is 24.0 Å². The van der Waals surface area contributed by atoms with Gasteiger partial charge in [-0.2, -0.15) is 0 Å². The van der Waals surface area contributed by atoms with Gasteiger partial charge in [0.05, 0.1) is 27.2 Å². The van der Waals surface area contributed by atoms with E-state index in [1.54, 1.807) is 29.7 Å². The van der Waals surface area contributed by atoms with Gasteiger partial charge >= 0.3 is 5.69 Å². The van der Waals surface area contributed by atoms with E-state index in [1.807, 2.05) is 19.1 Å². The smallest absolute Gasteiger partial charge is 0.324 e. The second kappa shape index (κ2) is 6.83. The Morgan fingerprint density at radius 3 is 2.38 bits per heavy atom. The van der Waals surface area contributed by atoms with Crippen molar-refractivity contribution in [3.8, 4) is 0 Å². The van der Waals surface area contributed by atoms with Crippen molar-refractivity contribution in [2.24, 2.45) is 0 Å². The molecule has 1 amide bonds. The summed E-state index contributed by atoms with van der Waals surface area (Å²) in [4.78, 5) is 35.6. The summed E-state index contributed by atoms with van der Waals surface area (Å²) in [5, 5.41) is 13.7. The third-order valence-electron chi connectivity index (χ3n) is 4.32. The maximum absolute atomic E-state index is 12.6. The van der Waals surface area contributed by atoms with Gasteiger partial charge in [0.2, 0.25) is 5.91 Å². The standard InChI is InChI=1S/C18H18N4O4/c1-3-20-15-8-4-5-9-16(15)21(18(20)24)11-17(23)19-13-7-6-10-14(12(13)2)22(25)26/h4-10H,3,11H2,1-2H3,(H,19,23). The second-order valence-electron chi connectivity index (χ2n) is 5.86. The number of aryl methyl sites for hydroxylation is 1. The topological polar surface area (TPSA) is 99.2 Å². The number of imidazole rings is 1. The van der Waals surface area contributed by atoms with Gasteiger partial charge in [0.25, 0.3) is 5.69 Å². The van der Waals surface area contributed by atoms with Crippen molar-refractivity contribution >= 4 is 28.3 Å². The van der Waals surface area contributed by atoms with Crippen LogP contribution in [-0.4, -0.2) is 20.0 Å². The van der Waals surface area contributed by atoms with Crippen LogP contribution >= 0.6 is 0 Å². The summed E-state index contributed by atoms with van der Waals surface area (Å²) >= 11 is 0. The quantitative estimate of drug-likeness (QED) is 0.562. The van der Waals surface area contributed by atoms with Crippen LogP contribution in [0.25, 0.3) is 11.0 Å². The molecule has 2 aromatic carbocycles. The Hall–Kier alpha value is -3.42. The van der Waals surface area contributed by atoms with E-state index in [0.29, 0.717) is 23.3 Å². The van der Waals surface area contributed by atoms with E-state index in [-0.39, 0.29) is 17.9 Å². The van der Waals surface area contributed by atoms with Crippen molar-refractivity contribution in [3.63, 3.8) is 0 Å². The summed E-state index contributed by atoms with van der Waals surface area (Å²) < 4.78 is 3.00. The van der Waals surface area contributed by atoms with Gasteiger partial charge in [-0.05, 0) is 32.0 Å². The largest absolute Gasteiger partial charge is 0.329 e. The number of hydrogen-bond donors (Lipinski definition) is 1. The molecule has 1 heterocycles. The van der Waals surface area contributed by atoms with E-state index in [0.717, 1.165) is 5.52 Å². The first-order valence-corrected chi connectivity index (χ1v) is 8.16. The zero-order valence-electron chi connectivity index (χ0n) is 14.4. The molecule has 0 bridgehead atoms. The van der Waals surface area contributed by atoms with Crippen molar-refractivity contribution in [1.82, 2.24) is 9.13 Å². The number of nitro groups is 1. The Labute approximate surface area is 148 Å². The minimum atomic E-state index is -0.496. The Balaban J connectivity index is 1.92. The Morgan fingerprint density at radius 2 is 1.77 bits per heavy atom. The summed E-state index contributed by atoms with van der Waals surface area (Å²) in [6, 6.07) is 11.7. The van der Waals surface area contributed by atoms with E-state index in [1.165, 1.54) is 16.7 Å². The van der Waals surface area contributed by atoms with Crippen LogP contribution in [0.3, 0.4) is 0 Å². The van der Waals surface area contributed by atoms with Crippen LogP contribution < -0.4 is 11.0 Å². The lowest BCUT2D eigenvalue weighted by atomic mass is 10.1. The van der Waals surface area contributed by atoms with Crippen molar-refractivity contribution in [2.75, 3.05) is 5.32 Å². The summed E-state index contributed by atoms with van der Waals surface area (Å²) in [7, 11) is 0. The molecule has 0 unspecified atom stereocenters. The molecular formula is C18H18N4O4. The average molecular weight is 354 g/mol. The molecule has 3 aromatic rings. The summed E-state index contributed by atoms with van der Waals surface area (Å²) in [6.07, 6.45) is 0. The van der Waals surface area contributed by atoms with Crippen molar-refractivity contribution < 1.29 is 9.72 Å². The molecule has 8 nitrogen and oxygen atoms in total. The minimum absolute atomic E-state index is 0.0671. The van der Waals surface area contributed by atoms with Gasteiger partial charge in [-0.25, -0.2) is 4.79 Å². The number of hydrogen-bond acceptors (Lipinski definition) is 4. The number of para-hydroxylation sites is 2. The third kappa shape index (κ3) is 2.97. The predicted molar refractivity (Wildman–Crippen MR) is 98.3 cm³/mol. The van der Waals surface area contributed by atoms with Crippen LogP contribution in [0.4, 0.5) is 11.4 Å². The molecule has 0 fully saturated rings. The minimum Gasteiger partial charge on any atom is -0.324 e. The van der Waals surface area contributed by atoms with Crippen molar-refractivity contribution in [3.05, 3.63) is 68.6 Å². The molecule has 134 valence electrons. The highest BCUT2D eigenvalue weighted by Gasteiger charge is 2.17. The highest BCUT2D eigenvalue weighted by atomic mass is 16.6. The average Bonchev–Trinajstić information content (AvgIpc) is 2.88. The van der Waals surface area contributed by atoms with Gasteiger partial charge < -0.3 is 5.32 Å². The Morgan fingerprint density at radius 1 is 1.12 bits per heavy atom. The molecule has 0 atom stereocenters. The van der Waals surface area contributed by atoms with Gasteiger partial charge in [-0.1, -0.05) is 18.2 Å². The highest BCUT2D eigenvalue weighted by molar-refractivity contribution is 5.93. The molecule has 0 radical (unpaired) electrons. The van der Waals surface area contributed by atoms with Gasteiger partial charge in [0, 0.05) is 12.6 Å². The molecule has 0 aliphatic heterocycles. The fourth-order valence-electron chi connectivity index (χ4n) is 3.02. The number of carbonyl (C=O) groups is 1. The number of rotatable bonds is 5. The molecule has 0 spiro atoms. The molecule has 0 aliphatic carbocycles. The van der Waals surface area contributed by atoms with E-state index in [4.69, 9.17) is 0 Å². The summed E-state index contributed by atoms with van der Waals surface area (Å²) in [5.41, 5.74) is 1.83. The van der Waals surface area contributed by atoms with Crippen LogP contribution in [0, 0.1) is 17.0 Å². The first-order chi connectivity index (χ1) is 12.4. The number of anilines is 1. The molecule has 0 saturated heterocycles. The number of nitrogens with one attached hydrogen (secondary N) is 1. The van der Waals surface area contributed by atoms with Crippen molar-refractivity contribution in [2.45, 2.75) is 26.9 Å². The number of aromatic nitrogens is 2. The van der Waals surface area contributed by atoms with E-state index in [9.17, 15) is 19.7 Å². The number of benzene rings is 2. The van der Waals surface area contributed by atoms with E-state index < -0.39 is 10.8 Å². The number of fused-ring (bicyclic) bond motifs is 1. The van der Waals surface area contributed by atoms with Gasteiger partial charge in [-0.15, -0.1) is 0 Å². The van der Waals surface area contributed by atoms with Crippen LogP contribution in [0.5, 0.6) is 0 Å². The molecule has 26 heavy (non-hydrogen) atoms. The fraction of sp³-hybridized carbons (Fsp3) is 0.222. The van der Waals surface area contributed by atoms with Crippen LogP contribution in [0.1, 0.15) is 12.5 Å². The molecule has 0 aliphatic rings. The lowest BCUT2D eigenvalue weighted by Gasteiger charge is -2.09. The molecule has 1 aromatic heterocycles. The zero-order valence-corrected chi connectivity index (χ0v) is 14.4. The van der Waals surface area contributed by atoms with Gasteiger partial charge in [0.15, 0.2) is 0 Å². The van der Waals surface area contributed by atoms with Crippen molar-refractivity contribution in [1.29, 1.82) is 0 Å². The van der Waals surface area contributed by atoms with Crippen LogP contribution in [0.2, 0.25) is 0 Å².